The van der Waals surface area contributed by atoms with E-state index in [1.807, 2.05) is 47.6 Å². The Bertz CT molecular complexity index is 1440. The van der Waals surface area contributed by atoms with Crippen LogP contribution in [0.4, 0.5) is 5.69 Å². The van der Waals surface area contributed by atoms with Gasteiger partial charge in [-0.2, -0.15) is 0 Å². The number of benzene rings is 3. The van der Waals surface area contributed by atoms with Crippen molar-refractivity contribution >= 4 is 39.1 Å². The lowest BCUT2D eigenvalue weighted by molar-refractivity contribution is -0.140. The van der Waals surface area contributed by atoms with Gasteiger partial charge in [0.2, 0.25) is 11.8 Å². The third-order valence-corrected chi connectivity index (χ3v) is 8.79. The standard InChI is InChI=1S/C31H38ClN3O4S/c1-7-29(31(37)33-21(2)3)34(19-25-11-13-26(32)14-12-25)30(36)20-35(27-15-10-23(5)24(6)18-27)40(38,39)28-16-8-22(4)9-17-28/h8-18,21,29H,7,19-20H2,1-6H3,(H,33,37). The summed E-state index contributed by atoms with van der Waals surface area (Å²) in [6.45, 7) is 10.9. The highest BCUT2D eigenvalue weighted by atomic mass is 35.5. The number of sulfonamides is 1. The van der Waals surface area contributed by atoms with Crippen LogP contribution in [-0.2, 0) is 26.2 Å². The van der Waals surface area contributed by atoms with Crippen molar-refractivity contribution in [3.8, 4) is 0 Å². The van der Waals surface area contributed by atoms with Crippen molar-refractivity contribution < 1.29 is 18.0 Å². The van der Waals surface area contributed by atoms with Crippen LogP contribution >= 0.6 is 11.6 Å². The average molecular weight is 584 g/mol. The molecule has 3 aromatic carbocycles. The van der Waals surface area contributed by atoms with Crippen LogP contribution in [0.5, 0.6) is 0 Å². The first kappa shape index (κ1) is 31.2. The predicted molar refractivity (Wildman–Crippen MR) is 161 cm³/mol. The molecule has 0 radical (unpaired) electrons. The lowest BCUT2D eigenvalue weighted by Gasteiger charge is -2.33. The van der Waals surface area contributed by atoms with Crippen LogP contribution in [0.1, 0.15) is 49.4 Å². The summed E-state index contributed by atoms with van der Waals surface area (Å²) in [6.07, 6.45) is 0.353. The van der Waals surface area contributed by atoms with Gasteiger partial charge in [0.1, 0.15) is 12.6 Å². The number of carbonyl (C=O) groups is 2. The summed E-state index contributed by atoms with van der Waals surface area (Å²) in [7, 11) is -4.11. The van der Waals surface area contributed by atoms with Gasteiger partial charge in [-0.25, -0.2) is 8.42 Å². The maximum absolute atomic E-state index is 14.1. The maximum Gasteiger partial charge on any atom is 0.264 e. The SMILES string of the molecule is CCC(C(=O)NC(C)C)N(Cc1ccc(Cl)cc1)C(=O)CN(c1ccc(C)c(C)c1)S(=O)(=O)c1ccc(C)cc1. The monoisotopic (exact) mass is 583 g/mol. The van der Waals surface area contributed by atoms with Crippen LogP contribution in [0.15, 0.2) is 71.6 Å². The quantitative estimate of drug-likeness (QED) is 0.309. The third kappa shape index (κ3) is 7.64. The maximum atomic E-state index is 14.1. The molecule has 0 bridgehead atoms. The predicted octanol–water partition coefficient (Wildman–Crippen LogP) is 5.79. The molecule has 0 saturated carbocycles. The number of anilines is 1. The van der Waals surface area contributed by atoms with Gasteiger partial charge in [-0.3, -0.25) is 13.9 Å². The van der Waals surface area contributed by atoms with Crippen LogP contribution in [0.2, 0.25) is 5.02 Å². The normalized spacial score (nSPS) is 12.2. The molecule has 0 aliphatic heterocycles. The largest absolute Gasteiger partial charge is 0.352 e. The van der Waals surface area contributed by atoms with E-state index < -0.39 is 28.5 Å². The van der Waals surface area contributed by atoms with Gasteiger partial charge in [-0.1, -0.05) is 54.4 Å². The molecule has 40 heavy (non-hydrogen) atoms. The van der Waals surface area contributed by atoms with Crippen LogP contribution in [0, 0.1) is 20.8 Å². The first-order valence-corrected chi connectivity index (χ1v) is 15.2. The highest BCUT2D eigenvalue weighted by molar-refractivity contribution is 7.92. The van der Waals surface area contributed by atoms with Crippen LogP contribution in [0.3, 0.4) is 0 Å². The van der Waals surface area contributed by atoms with E-state index in [2.05, 4.69) is 5.32 Å². The lowest BCUT2D eigenvalue weighted by atomic mass is 10.1. The molecule has 0 heterocycles. The van der Waals surface area contributed by atoms with E-state index in [4.69, 9.17) is 11.6 Å². The Hall–Kier alpha value is -3.36. The van der Waals surface area contributed by atoms with E-state index in [0.29, 0.717) is 17.1 Å². The summed E-state index contributed by atoms with van der Waals surface area (Å²) in [5, 5.41) is 3.45. The van der Waals surface area contributed by atoms with E-state index in [1.165, 1.54) is 4.90 Å². The minimum Gasteiger partial charge on any atom is -0.352 e. The van der Waals surface area contributed by atoms with E-state index in [9.17, 15) is 18.0 Å². The van der Waals surface area contributed by atoms with E-state index in [1.54, 1.807) is 60.7 Å². The molecule has 1 N–H and O–H groups in total. The zero-order chi connectivity index (χ0) is 29.6. The van der Waals surface area contributed by atoms with Crippen molar-refractivity contribution in [2.45, 2.75) is 71.5 Å². The molecule has 3 rings (SSSR count). The summed E-state index contributed by atoms with van der Waals surface area (Å²) >= 11 is 6.07. The van der Waals surface area contributed by atoms with Crippen molar-refractivity contribution in [2.75, 3.05) is 10.8 Å². The highest BCUT2D eigenvalue weighted by Crippen LogP contribution is 2.27. The molecule has 1 unspecified atom stereocenters. The van der Waals surface area contributed by atoms with E-state index >= 15 is 0 Å². The first-order chi connectivity index (χ1) is 18.8. The van der Waals surface area contributed by atoms with E-state index in [-0.39, 0.29) is 23.4 Å². The Kier molecular flexibility index (Phi) is 10.4. The summed E-state index contributed by atoms with van der Waals surface area (Å²) in [5.74, 6) is -0.784. The topological polar surface area (TPSA) is 86.8 Å². The summed E-state index contributed by atoms with van der Waals surface area (Å²) < 4.78 is 29.1. The number of hydrogen-bond donors (Lipinski definition) is 1. The Morgan fingerprint density at radius 1 is 0.900 bits per heavy atom. The summed E-state index contributed by atoms with van der Waals surface area (Å²) in [5.41, 5.74) is 3.97. The van der Waals surface area contributed by atoms with Gasteiger partial charge in [0.05, 0.1) is 10.6 Å². The Balaban J connectivity index is 2.08. The zero-order valence-electron chi connectivity index (χ0n) is 23.9. The molecule has 0 aliphatic rings. The number of rotatable bonds is 11. The van der Waals surface area contributed by atoms with Crippen LogP contribution in [0.25, 0.3) is 0 Å². The smallest absolute Gasteiger partial charge is 0.264 e. The molecule has 3 aromatic rings. The number of nitrogens with one attached hydrogen (secondary N) is 1. The zero-order valence-corrected chi connectivity index (χ0v) is 25.5. The second-order valence-electron chi connectivity index (χ2n) is 10.3. The molecule has 1 atom stereocenters. The van der Waals surface area contributed by atoms with Gasteiger partial charge < -0.3 is 10.2 Å². The van der Waals surface area contributed by atoms with Crippen LogP contribution < -0.4 is 9.62 Å². The van der Waals surface area contributed by atoms with Gasteiger partial charge in [0.15, 0.2) is 0 Å². The second-order valence-corrected chi connectivity index (χ2v) is 12.6. The molecule has 0 aliphatic carbocycles. The minimum absolute atomic E-state index is 0.0815. The van der Waals surface area contributed by atoms with Crippen molar-refractivity contribution in [1.82, 2.24) is 10.2 Å². The van der Waals surface area contributed by atoms with E-state index in [0.717, 1.165) is 26.6 Å². The van der Waals surface area contributed by atoms with Crippen molar-refractivity contribution in [2.24, 2.45) is 0 Å². The number of amides is 2. The molecule has 0 spiro atoms. The second kappa shape index (κ2) is 13.3. The molecule has 9 heteroatoms. The number of hydrogen-bond acceptors (Lipinski definition) is 4. The fourth-order valence-corrected chi connectivity index (χ4v) is 5.87. The molecule has 2 amide bonds. The fourth-order valence-electron chi connectivity index (χ4n) is 4.33. The Morgan fingerprint density at radius 3 is 2.08 bits per heavy atom. The highest BCUT2D eigenvalue weighted by Gasteiger charge is 2.34. The molecule has 7 nitrogen and oxygen atoms in total. The molecular weight excluding hydrogens is 546 g/mol. The Labute approximate surface area is 243 Å². The minimum atomic E-state index is -4.11. The molecule has 0 fully saturated rings. The first-order valence-electron chi connectivity index (χ1n) is 13.3. The lowest BCUT2D eigenvalue weighted by Crippen LogP contribution is -2.53. The number of carbonyl (C=O) groups excluding carboxylic acids is 2. The molecular formula is C31H38ClN3O4S. The van der Waals surface area contributed by atoms with Crippen molar-refractivity contribution in [3.63, 3.8) is 0 Å². The van der Waals surface area contributed by atoms with Gasteiger partial charge in [-0.05, 0) is 94.1 Å². The summed E-state index contributed by atoms with van der Waals surface area (Å²) in [6, 6.07) is 17.9. The van der Waals surface area contributed by atoms with Gasteiger partial charge in [0.25, 0.3) is 10.0 Å². The summed E-state index contributed by atoms with van der Waals surface area (Å²) in [4.78, 5) is 28.8. The van der Waals surface area contributed by atoms with Crippen LogP contribution in [-0.4, -0.2) is 43.8 Å². The number of nitrogens with zero attached hydrogens (tertiary/aromatic N) is 2. The number of halogens is 1. The van der Waals surface area contributed by atoms with Crippen molar-refractivity contribution in [1.29, 1.82) is 0 Å². The average Bonchev–Trinajstić information content (AvgIpc) is 2.89. The fraction of sp³-hybridized carbons (Fsp3) is 0.355. The number of aryl methyl sites for hydroxylation is 3. The van der Waals surface area contributed by atoms with Gasteiger partial charge in [0, 0.05) is 17.6 Å². The molecule has 0 saturated heterocycles. The molecule has 214 valence electrons. The van der Waals surface area contributed by atoms with Crippen molar-refractivity contribution in [3.05, 3.63) is 94.0 Å². The van der Waals surface area contributed by atoms with Gasteiger partial charge in [-0.15, -0.1) is 0 Å². The Morgan fingerprint density at radius 2 is 1.52 bits per heavy atom. The molecule has 0 aromatic heterocycles. The van der Waals surface area contributed by atoms with Gasteiger partial charge >= 0.3 is 0 Å². The third-order valence-electron chi connectivity index (χ3n) is 6.75.